The average molecular weight is 519 g/mol. The first-order chi connectivity index (χ1) is 17.7. The van der Waals surface area contributed by atoms with Gasteiger partial charge < -0.3 is 14.8 Å². The van der Waals surface area contributed by atoms with E-state index in [1.807, 2.05) is 12.1 Å². The van der Waals surface area contributed by atoms with Crippen LogP contribution in [-0.2, 0) is 14.3 Å². The van der Waals surface area contributed by atoms with Crippen LogP contribution in [0.15, 0.2) is 83.5 Å². The summed E-state index contributed by atoms with van der Waals surface area (Å²) >= 11 is 6.20. The van der Waals surface area contributed by atoms with Crippen molar-refractivity contribution in [2.24, 2.45) is 0 Å². The first-order valence-corrected chi connectivity index (χ1v) is 11.7. The monoisotopic (exact) mass is 518 g/mol. The van der Waals surface area contributed by atoms with Crippen LogP contribution < -0.4 is 15.0 Å². The van der Waals surface area contributed by atoms with E-state index in [0.717, 1.165) is 10.5 Å². The number of nitrogens with zero attached hydrogens (tertiary/aromatic N) is 1. The maximum Gasteiger partial charge on any atom is 0.343 e. The molecule has 2 amide bonds. The number of carbonyl (C=O) groups excluding carboxylic acids is 4. The predicted molar refractivity (Wildman–Crippen MR) is 139 cm³/mol. The number of amides is 2. The van der Waals surface area contributed by atoms with E-state index >= 15 is 0 Å². The fourth-order valence-electron chi connectivity index (χ4n) is 3.70. The van der Waals surface area contributed by atoms with Gasteiger partial charge >= 0.3 is 11.9 Å². The smallest absolute Gasteiger partial charge is 0.343 e. The summed E-state index contributed by atoms with van der Waals surface area (Å²) in [5, 5.41) is 2.50. The topological polar surface area (TPSA) is 102 Å². The minimum Gasteiger partial charge on any atom is -0.465 e. The first-order valence-electron chi connectivity index (χ1n) is 11.4. The van der Waals surface area contributed by atoms with Crippen LogP contribution in [0.3, 0.4) is 0 Å². The van der Waals surface area contributed by atoms with E-state index in [1.54, 1.807) is 36.4 Å². The fraction of sp³-hybridized carbons (Fsp3) is 0.143. The highest BCUT2D eigenvalue weighted by Gasteiger charge is 2.40. The number of methoxy groups -OCH3 is 1. The van der Waals surface area contributed by atoms with Crippen molar-refractivity contribution in [2.75, 3.05) is 17.3 Å². The lowest BCUT2D eigenvalue weighted by Crippen LogP contribution is -2.33. The normalized spacial score (nSPS) is 13.3. The molecule has 0 aliphatic carbocycles. The summed E-state index contributed by atoms with van der Waals surface area (Å²) in [6.45, 7) is 4.15. The third kappa shape index (κ3) is 5.24. The van der Waals surface area contributed by atoms with E-state index in [-0.39, 0.29) is 22.0 Å². The molecule has 0 unspecified atom stereocenters. The molecule has 3 aromatic rings. The molecule has 4 rings (SSSR count). The second-order valence-electron chi connectivity index (χ2n) is 8.46. The molecule has 188 valence electrons. The molecule has 37 heavy (non-hydrogen) atoms. The number of para-hydroxylation sites is 1. The predicted octanol–water partition coefficient (Wildman–Crippen LogP) is 5.25. The van der Waals surface area contributed by atoms with Crippen LogP contribution in [0, 0.1) is 0 Å². The summed E-state index contributed by atoms with van der Waals surface area (Å²) < 4.78 is 10.2. The molecule has 0 radical (unpaired) electrons. The van der Waals surface area contributed by atoms with Crippen molar-refractivity contribution in [3.63, 3.8) is 0 Å². The highest BCUT2D eigenvalue weighted by Crippen LogP contribution is 2.32. The molecular formula is C28H23ClN2O6. The van der Waals surface area contributed by atoms with Crippen molar-refractivity contribution in [1.29, 1.82) is 0 Å². The number of anilines is 2. The van der Waals surface area contributed by atoms with Crippen molar-refractivity contribution in [3.8, 4) is 5.75 Å². The van der Waals surface area contributed by atoms with Gasteiger partial charge in [-0.2, -0.15) is 0 Å². The quantitative estimate of drug-likeness (QED) is 0.259. The zero-order valence-corrected chi connectivity index (χ0v) is 21.0. The van der Waals surface area contributed by atoms with E-state index < -0.39 is 23.8 Å². The standard InChI is InChI=1S/C28H23ClN2O6/c1-16(2)17-10-14-20(15-11-17)37-27(34)18-8-12-19(13-9-18)30-24-23(29)25(32)31(26(24)33)22-7-5-4-6-21(22)28(35)36-3/h4-16,30H,1-3H3. The summed E-state index contributed by atoms with van der Waals surface area (Å²) in [7, 11) is 1.20. The molecule has 8 nitrogen and oxygen atoms in total. The molecule has 0 saturated heterocycles. The largest absolute Gasteiger partial charge is 0.465 e. The zero-order valence-electron chi connectivity index (χ0n) is 20.3. The van der Waals surface area contributed by atoms with Gasteiger partial charge in [-0.15, -0.1) is 0 Å². The third-order valence-electron chi connectivity index (χ3n) is 5.72. The number of hydrogen-bond donors (Lipinski definition) is 1. The zero-order chi connectivity index (χ0) is 26.7. The maximum atomic E-state index is 13.1. The van der Waals surface area contributed by atoms with Gasteiger partial charge in [-0.1, -0.05) is 49.7 Å². The number of ether oxygens (including phenoxy) is 2. The summed E-state index contributed by atoms with van der Waals surface area (Å²) in [4.78, 5) is 51.4. The summed E-state index contributed by atoms with van der Waals surface area (Å²) in [6, 6.07) is 19.5. The number of carbonyl (C=O) groups is 4. The maximum absolute atomic E-state index is 13.1. The molecule has 9 heteroatoms. The van der Waals surface area contributed by atoms with Crippen LogP contribution in [0.4, 0.5) is 11.4 Å². The Kier molecular flexibility index (Phi) is 7.40. The third-order valence-corrected chi connectivity index (χ3v) is 6.08. The molecule has 0 spiro atoms. The SMILES string of the molecule is COC(=O)c1ccccc1N1C(=O)C(Cl)=C(Nc2ccc(C(=O)Oc3ccc(C(C)C)cc3)cc2)C1=O. The molecule has 0 fully saturated rings. The van der Waals surface area contributed by atoms with Gasteiger partial charge in [0.05, 0.1) is 23.9 Å². The van der Waals surface area contributed by atoms with E-state index in [9.17, 15) is 19.2 Å². The van der Waals surface area contributed by atoms with Crippen LogP contribution >= 0.6 is 11.6 Å². The molecular weight excluding hydrogens is 496 g/mol. The number of benzene rings is 3. The van der Waals surface area contributed by atoms with Crippen molar-refractivity contribution in [3.05, 3.63) is 100 Å². The van der Waals surface area contributed by atoms with Crippen LogP contribution in [0.1, 0.15) is 46.0 Å². The number of nitrogens with one attached hydrogen (secondary N) is 1. The Morgan fingerprint density at radius 3 is 2.14 bits per heavy atom. The molecule has 1 aliphatic heterocycles. The number of halogens is 1. The molecule has 3 aromatic carbocycles. The Morgan fingerprint density at radius 1 is 0.865 bits per heavy atom. The highest BCUT2D eigenvalue weighted by atomic mass is 35.5. The number of imide groups is 1. The van der Waals surface area contributed by atoms with Crippen molar-refractivity contribution in [1.82, 2.24) is 0 Å². The Morgan fingerprint density at radius 2 is 1.51 bits per heavy atom. The van der Waals surface area contributed by atoms with Crippen molar-refractivity contribution >= 4 is 46.7 Å². The van der Waals surface area contributed by atoms with E-state index in [0.29, 0.717) is 22.9 Å². The number of hydrogen-bond acceptors (Lipinski definition) is 7. The Hall–Kier alpha value is -4.43. The van der Waals surface area contributed by atoms with Crippen LogP contribution in [0.25, 0.3) is 0 Å². The lowest BCUT2D eigenvalue weighted by molar-refractivity contribution is -0.120. The van der Waals surface area contributed by atoms with Gasteiger partial charge in [0.1, 0.15) is 16.5 Å². The van der Waals surface area contributed by atoms with Gasteiger partial charge in [0.2, 0.25) is 0 Å². The molecule has 0 saturated carbocycles. The van der Waals surface area contributed by atoms with Gasteiger partial charge in [0.25, 0.3) is 11.8 Å². The second-order valence-corrected chi connectivity index (χ2v) is 8.84. The highest BCUT2D eigenvalue weighted by molar-refractivity contribution is 6.53. The van der Waals surface area contributed by atoms with E-state index in [4.69, 9.17) is 21.1 Å². The second kappa shape index (κ2) is 10.7. The van der Waals surface area contributed by atoms with Crippen LogP contribution in [0.5, 0.6) is 5.75 Å². The fourth-order valence-corrected chi connectivity index (χ4v) is 3.91. The lowest BCUT2D eigenvalue weighted by Gasteiger charge is -2.17. The van der Waals surface area contributed by atoms with Gasteiger partial charge in [0.15, 0.2) is 0 Å². The molecule has 1 aliphatic rings. The minimum absolute atomic E-state index is 0.0409. The minimum atomic E-state index is -0.783. The summed E-state index contributed by atoms with van der Waals surface area (Å²) in [5.74, 6) is -1.97. The van der Waals surface area contributed by atoms with Gasteiger partial charge in [-0.05, 0) is 60.0 Å². The number of esters is 2. The Labute approximate surface area is 218 Å². The van der Waals surface area contributed by atoms with Crippen molar-refractivity contribution in [2.45, 2.75) is 19.8 Å². The molecule has 1 N–H and O–H groups in total. The number of rotatable bonds is 7. The average Bonchev–Trinajstić information content (AvgIpc) is 3.11. The van der Waals surface area contributed by atoms with Gasteiger partial charge in [-0.3, -0.25) is 9.59 Å². The molecule has 0 atom stereocenters. The van der Waals surface area contributed by atoms with Crippen molar-refractivity contribution < 1.29 is 28.7 Å². The lowest BCUT2D eigenvalue weighted by atomic mass is 10.0. The Bertz CT molecular complexity index is 1410. The van der Waals surface area contributed by atoms with Crippen LogP contribution in [-0.4, -0.2) is 30.9 Å². The molecule has 0 aromatic heterocycles. The van der Waals surface area contributed by atoms with Crippen LogP contribution in [0.2, 0.25) is 0 Å². The molecule has 0 bridgehead atoms. The summed E-state index contributed by atoms with van der Waals surface area (Å²) in [6.07, 6.45) is 0. The Balaban J connectivity index is 1.48. The first kappa shape index (κ1) is 25.7. The molecule has 1 heterocycles. The van der Waals surface area contributed by atoms with E-state index in [1.165, 1.54) is 31.4 Å². The van der Waals surface area contributed by atoms with Gasteiger partial charge in [-0.25, -0.2) is 14.5 Å². The van der Waals surface area contributed by atoms with Gasteiger partial charge in [0, 0.05) is 5.69 Å². The van der Waals surface area contributed by atoms with E-state index in [2.05, 4.69) is 19.2 Å². The summed E-state index contributed by atoms with van der Waals surface area (Å²) in [5.41, 5.74) is 1.77.